The fraction of sp³-hybridized carbons (Fsp3) is 0.400. The summed E-state index contributed by atoms with van der Waals surface area (Å²) >= 11 is 0. The van der Waals surface area contributed by atoms with Gasteiger partial charge < -0.3 is 5.01 Å². The molecule has 0 unspecified atom stereocenters. The monoisotopic (exact) mass is 113 g/mol. The minimum Gasteiger partial charge on any atom is -0.320 e. The first-order valence-electron chi connectivity index (χ1n) is 2.29. The van der Waals surface area contributed by atoms with E-state index < -0.39 is 0 Å². The van der Waals surface area contributed by atoms with Crippen LogP contribution in [0.25, 0.3) is 0 Å². The van der Waals surface area contributed by atoms with E-state index in [-0.39, 0.29) is 0 Å². The molecule has 0 atom stereocenters. The molecule has 0 aromatic rings. The van der Waals surface area contributed by atoms with E-state index in [0.717, 1.165) is 5.70 Å². The van der Waals surface area contributed by atoms with Gasteiger partial charge in [-0.15, -0.1) is 0 Å². The second-order valence-electron chi connectivity index (χ2n) is 1.59. The van der Waals surface area contributed by atoms with E-state index in [0.29, 0.717) is 0 Å². The highest BCUT2D eigenvalue weighted by Crippen LogP contribution is 1.90. The lowest BCUT2D eigenvalue weighted by Crippen LogP contribution is -2.18. The largest absolute Gasteiger partial charge is 0.320 e. The quantitative estimate of drug-likeness (QED) is 0.319. The van der Waals surface area contributed by atoms with E-state index in [1.54, 1.807) is 13.2 Å². The fourth-order valence-electron chi connectivity index (χ4n) is 0.336. The molecule has 0 saturated carbocycles. The number of hydrogen-bond donors (Lipinski definition) is 1. The predicted molar refractivity (Wildman–Crippen MR) is 35.3 cm³/mol. The number of allylic oxidation sites excluding steroid dienone is 1. The molecule has 0 aliphatic carbocycles. The maximum absolute atomic E-state index is 5.24. The van der Waals surface area contributed by atoms with Gasteiger partial charge in [0, 0.05) is 13.2 Å². The van der Waals surface area contributed by atoms with Crippen LogP contribution in [-0.2, 0) is 0 Å². The summed E-state index contributed by atoms with van der Waals surface area (Å²) in [5.41, 5.74) is 0.815. The van der Waals surface area contributed by atoms with Gasteiger partial charge in [-0.2, -0.15) is 0 Å². The molecule has 0 heterocycles. The van der Waals surface area contributed by atoms with Gasteiger partial charge >= 0.3 is 0 Å². The van der Waals surface area contributed by atoms with Gasteiger partial charge in [0.15, 0.2) is 0 Å². The van der Waals surface area contributed by atoms with Crippen molar-refractivity contribution in [2.24, 2.45) is 10.8 Å². The van der Waals surface area contributed by atoms with Gasteiger partial charge in [-0.3, -0.25) is 4.99 Å². The highest BCUT2D eigenvalue weighted by Gasteiger charge is 1.79. The Morgan fingerprint density at radius 1 is 1.88 bits per heavy atom. The van der Waals surface area contributed by atoms with Gasteiger partial charge in [-0.25, -0.2) is 5.84 Å². The summed E-state index contributed by atoms with van der Waals surface area (Å²) in [5.74, 6) is 5.24. The molecule has 0 spiro atoms. The molecule has 0 aliphatic rings. The van der Waals surface area contributed by atoms with E-state index in [2.05, 4.69) is 11.7 Å². The molecular formula is C5H11N3. The minimum absolute atomic E-state index is 0.815. The third kappa shape index (κ3) is 3.36. The Hall–Kier alpha value is -0.830. The fourth-order valence-corrected chi connectivity index (χ4v) is 0.336. The Kier molecular flexibility index (Phi) is 2.88. The van der Waals surface area contributed by atoms with Crippen LogP contribution in [0, 0.1) is 0 Å². The lowest BCUT2D eigenvalue weighted by Gasteiger charge is -2.03. The third-order valence-electron chi connectivity index (χ3n) is 0.640. The summed E-state index contributed by atoms with van der Waals surface area (Å²) in [6, 6.07) is 0. The van der Waals surface area contributed by atoms with Crippen LogP contribution in [-0.4, -0.2) is 18.8 Å². The molecule has 0 fully saturated rings. The average Bonchev–Trinajstić information content (AvgIpc) is 1.65. The Balaban J connectivity index is 3.74. The first-order chi connectivity index (χ1) is 3.66. The van der Waals surface area contributed by atoms with Crippen LogP contribution in [0.4, 0.5) is 0 Å². The van der Waals surface area contributed by atoms with Crippen LogP contribution in [0.1, 0.15) is 6.92 Å². The SMILES string of the molecule is C=N/C(C)=C\N(C)N. The molecular weight excluding hydrogens is 102 g/mol. The van der Waals surface area contributed by atoms with Gasteiger partial charge in [0.1, 0.15) is 0 Å². The van der Waals surface area contributed by atoms with Gasteiger partial charge in [0.25, 0.3) is 0 Å². The van der Waals surface area contributed by atoms with Crippen LogP contribution in [0.5, 0.6) is 0 Å². The number of nitrogens with zero attached hydrogens (tertiary/aromatic N) is 2. The average molecular weight is 113 g/mol. The van der Waals surface area contributed by atoms with Crippen molar-refractivity contribution in [1.29, 1.82) is 0 Å². The summed E-state index contributed by atoms with van der Waals surface area (Å²) in [7, 11) is 1.73. The summed E-state index contributed by atoms with van der Waals surface area (Å²) in [6.45, 7) is 5.14. The zero-order valence-electron chi connectivity index (χ0n) is 5.26. The lowest BCUT2D eigenvalue weighted by molar-refractivity contribution is 0.480. The Bertz CT molecular complexity index is 104. The standard InChI is InChI=1S/C5H11N3/c1-5(7-2)4-8(3)6/h4H,2,6H2,1,3H3/b5-4-. The van der Waals surface area contributed by atoms with Crippen LogP contribution in [0.2, 0.25) is 0 Å². The maximum atomic E-state index is 5.24. The minimum atomic E-state index is 0.815. The van der Waals surface area contributed by atoms with Crippen molar-refractivity contribution in [3.05, 3.63) is 11.9 Å². The number of hydrogen-bond acceptors (Lipinski definition) is 3. The Morgan fingerprint density at radius 2 is 2.38 bits per heavy atom. The van der Waals surface area contributed by atoms with Crippen molar-refractivity contribution >= 4 is 6.72 Å². The van der Waals surface area contributed by atoms with Gasteiger partial charge in [-0.1, -0.05) is 0 Å². The molecule has 8 heavy (non-hydrogen) atoms. The topological polar surface area (TPSA) is 41.6 Å². The van der Waals surface area contributed by atoms with Gasteiger partial charge in [-0.05, 0) is 13.6 Å². The van der Waals surface area contributed by atoms with Crippen molar-refractivity contribution in [3.8, 4) is 0 Å². The summed E-state index contributed by atoms with van der Waals surface area (Å²) < 4.78 is 0. The summed E-state index contributed by atoms with van der Waals surface area (Å²) in [5, 5.41) is 1.43. The third-order valence-corrected chi connectivity index (χ3v) is 0.640. The van der Waals surface area contributed by atoms with E-state index >= 15 is 0 Å². The second kappa shape index (κ2) is 3.21. The number of hydrazine groups is 1. The van der Waals surface area contributed by atoms with Gasteiger partial charge in [0.05, 0.1) is 5.70 Å². The second-order valence-corrected chi connectivity index (χ2v) is 1.59. The highest BCUT2D eigenvalue weighted by molar-refractivity contribution is 5.27. The smallest absolute Gasteiger partial charge is 0.0538 e. The van der Waals surface area contributed by atoms with E-state index in [4.69, 9.17) is 5.84 Å². The maximum Gasteiger partial charge on any atom is 0.0538 e. The van der Waals surface area contributed by atoms with Crippen LogP contribution >= 0.6 is 0 Å². The normalized spacial score (nSPS) is 11.1. The highest BCUT2D eigenvalue weighted by atomic mass is 15.4. The zero-order valence-corrected chi connectivity index (χ0v) is 5.26. The molecule has 2 N–H and O–H groups in total. The summed E-state index contributed by atoms with van der Waals surface area (Å²) in [4.78, 5) is 3.62. The molecule has 0 aromatic carbocycles. The van der Waals surface area contributed by atoms with E-state index in [1.165, 1.54) is 5.01 Å². The molecule has 3 heteroatoms. The molecule has 46 valence electrons. The molecule has 0 amide bonds. The first kappa shape index (κ1) is 7.17. The molecule has 0 saturated heterocycles. The number of rotatable bonds is 2. The zero-order chi connectivity index (χ0) is 6.57. The summed E-state index contributed by atoms with van der Waals surface area (Å²) in [6.07, 6.45) is 1.69. The van der Waals surface area contributed by atoms with Crippen molar-refractivity contribution in [3.63, 3.8) is 0 Å². The van der Waals surface area contributed by atoms with Crippen LogP contribution in [0.3, 0.4) is 0 Å². The van der Waals surface area contributed by atoms with Crippen molar-refractivity contribution in [1.82, 2.24) is 5.01 Å². The van der Waals surface area contributed by atoms with E-state index in [9.17, 15) is 0 Å². The number of nitrogens with two attached hydrogens (primary N) is 1. The lowest BCUT2D eigenvalue weighted by atomic mass is 10.5. The predicted octanol–water partition coefficient (Wildman–Crippen LogP) is 0.354. The van der Waals surface area contributed by atoms with Crippen molar-refractivity contribution in [2.45, 2.75) is 6.92 Å². The first-order valence-corrected chi connectivity index (χ1v) is 2.29. The van der Waals surface area contributed by atoms with E-state index in [1.807, 2.05) is 6.92 Å². The molecule has 3 nitrogen and oxygen atoms in total. The molecule has 0 bridgehead atoms. The van der Waals surface area contributed by atoms with Crippen molar-refractivity contribution < 1.29 is 0 Å². The van der Waals surface area contributed by atoms with Crippen molar-refractivity contribution in [2.75, 3.05) is 7.05 Å². The molecule has 0 rings (SSSR count). The van der Waals surface area contributed by atoms with Crippen LogP contribution in [0.15, 0.2) is 16.9 Å². The molecule has 0 aliphatic heterocycles. The Labute approximate surface area is 49.5 Å². The molecule has 0 radical (unpaired) electrons. The Morgan fingerprint density at radius 3 is 2.50 bits per heavy atom. The number of aliphatic imine (C=N–C) groups is 1. The molecule has 0 aromatic heterocycles. The van der Waals surface area contributed by atoms with Gasteiger partial charge in [0.2, 0.25) is 0 Å². The van der Waals surface area contributed by atoms with Crippen LogP contribution < -0.4 is 5.84 Å².